The summed E-state index contributed by atoms with van der Waals surface area (Å²) in [4.78, 5) is 12.5. The van der Waals surface area contributed by atoms with Gasteiger partial charge in [0.25, 0.3) is 5.91 Å². The van der Waals surface area contributed by atoms with Crippen LogP contribution in [-0.2, 0) is 17.9 Å². The Labute approximate surface area is 147 Å². The number of aromatic nitrogens is 3. The molecular formula is C19H24N4O2. The number of benzene rings is 1. The Kier molecular flexibility index (Phi) is 4.78. The van der Waals surface area contributed by atoms with Crippen molar-refractivity contribution in [2.24, 2.45) is 5.92 Å². The Morgan fingerprint density at radius 3 is 2.80 bits per heavy atom. The number of nitrogens with one attached hydrogen (secondary N) is 1. The maximum atomic E-state index is 12.5. The molecule has 1 N–H and O–H groups in total. The maximum absolute atomic E-state index is 12.5. The first-order valence-corrected chi connectivity index (χ1v) is 9.18. The van der Waals surface area contributed by atoms with Crippen molar-refractivity contribution in [2.45, 2.75) is 51.4 Å². The minimum absolute atomic E-state index is 0.0476. The number of nitrogens with zero attached hydrogens (tertiary/aromatic N) is 3. The monoisotopic (exact) mass is 340 g/mol. The first-order valence-electron chi connectivity index (χ1n) is 9.18. The fourth-order valence-electron chi connectivity index (χ4n) is 3.77. The fraction of sp³-hybridized carbons (Fsp3) is 0.526. The third kappa shape index (κ3) is 3.58. The summed E-state index contributed by atoms with van der Waals surface area (Å²) in [7, 11) is 0. The van der Waals surface area contributed by atoms with E-state index in [0.717, 1.165) is 17.8 Å². The maximum Gasteiger partial charge on any atom is 0.273 e. The first kappa shape index (κ1) is 16.3. The number of hydrogen-bond acceptors (Lipinski definition) is 4. The average molecular weight is 340 g/mol. The van der Waals surface area contributed by atoms with Crippen molar-refractivity contribution in [3.8, 4) is 0 Å². The summed E-state index contributed by atoms with van der Waals surface area (Å²) < 4.78 is 7.76. The van der Waals surface area contributed by atoms with Gasteiger partial charge >= 0.3 is 0 Å². The third-order valence-electron chi connectivity index (χ3n) is 5.26. The van der Waals surface area contributed by atoms with Crippen LogP contribution >= 0.6 is 0 Å². The van der Waals surface area contributed by atoms with E-state index < -0.39 is 0 Å². The summed E-state index contributed by atoms with van der Waals surface area (Å²) in [5, 5.41) is 11.3. The van der Waals surface area contributed by atoms with Gasteiger partial charge in [0.1, 0.15) is 6.10 Å². The van der Waals surface area contributed by atoms with Crippen molar-refractivity contribution >= 4 is 5.91 Å². The van der Waals surface area contributed by atoms with Gasteiger partial charge in [0.2, 0.25) is 0 Å². The average Bonchev–Trinajstić information content (AvgIpc) is 3.11. The van der Waals surface area contributed by atoms with Gasteiger partial charge in [-0.25, -0.2) is 4.68 Å². The number of hydrogen-bond donors (Lipinski definition) is 1. The summed E-state index contributed by atoms with van der Waals surface area (Å²) in [5.74, 6) is 0.469. The van der Waals surface area contributed by atoms with E-state index in [1.807, 2.05) is 30.3 Å². The highest BCUT2D eigenvalue weighted by Crippen LogP contribution is 2.27. The smallest absolute Gasteiger partial charge is 0.273 e. The van der Waals surface area contributed by atoms with Gasteiger partial charge in [0.05, 0.1) is 18.8 Å². The van der Waals surface area contributed by atoms with E-state index in [0.29, 0.717) is 24.8 Å². The number of carbonyl (C=O) groups is 1. The lowest BCUT2D eigenvalue weighted by Crippen LogP contribution is -2.32. The molecule has 0 unspecified atom stereocenters. The molecule has 1 aromatic carbocycles. The van der Waals surface area contributed by atoms with Crippen molar-refractivity contribution in [3.63, 3.8) is 0 Å². The Balaban J connectivity index is 1.40. The molecule has 1 amide bonds. The van der Waals surface area contributed by atoms with Crippen molar-refractivity contribution in [1.29, 1.82) is 0 Å². The molecule has 6 heteroatoms. The normalized spacial score (nSPS) is 20.9. The molecule has 1 atom stereocenters. The Hall–Kier alpha value is -2.21. The number of amides is 1. The summed E-state index contributed by atoms with van der Waals surface area (Å²) in [5.41, 5.74) is 2.29. The zero-order valence-electron chi connectivity index (χ0n) is 14.4. The van der Waals surface area contributed by atoms with Crippen LogP contribution in [0.15, 0.2) is 30.3 Å². The van der Waals surface area contributed by atoms with E-state index in [1.165, 1.54) is 32.1 Å². The van der Waals surface area contributed by atoms with Crippen LogP contribution < -0.4 is 5.32 Å². The zero-order chi connectivity index (χ0) is 17.1. The summed E-state index contributed by atoms with van der Waals surface area (Å²) >= 11 is 0. The second-order valence-electron chi connectivity index (χ2n) is 6.99. The van der Waals surface area contributed by atoms with Gasteiger partial charge in [-0.2, -0.15) is 0 Å². The quantitative estimate of drug-likeness (QED) is 0.929. The molecule has 2 aromatic rings. The first-order chi connectivity index (χ1) is 12.3. The summed E-state index contributed by atoms with van der Waals surface area (Å²) in [6.07, 6.45) is 6.24. The van der Waals surface area contributed by atoms with E-state index in [-0.39, 0.29) is 12.0 Å². The lowest BCUT2D eigenvalue weighted by molar-refractivity contribution is -0.00177. The molecule has 4 rings (SSSR count). The predicted molar refractivity (Wildman–Crippen MR) is 92.9 cm³/mol. The van der Waals surface area contributed by atoms with E-state index in [2.05, 4.69) is 15.6 Å². The zero-order valence-corrected chi connectivity index (χ0v) is 14.4. The number of ether oxygens (including phenoxy) is 1. The molecule has 1 saturated carbocycles. The Morgan fingerprint density at radius 2 is 2.00 bits per heavy atom. The van der Waals surface area contributed by atoms with Crippen molar-refractivity contribution < 1.29 is 9.53 Å². The molecule has 132 valence electrons. The molecule has 1 aliphatic heterocycles. The highest BCUT2D eigenvalue weighted by atomic mass is 16.5. The van der Waals surface area contributed by atoms with Gasteiger partial charge in [0, 0.05) is 6.54 Å². The molecule has 0 saturated heterocycles. The highest BCUT2D eigenvalue weighted by molar-refractivity contribution is 5.93. The molecule has 0 bridgehead atoms. The van der Waals surface area contributed by atoms with Crippen LogP contribution in [-0.4, -0.2) is 27.4 Å². The molecule has 2 aliphatic rings. The second kappa shape index (κ2) is 7.35. The summed E-state index contributed by atoms with van der Waals surface area (Å²) in [6, 6.07) is 10.1. The van der Waals surface area contributed by atoms with Gasteiger partial charge in [-0.3, -0.25) is 4.79 Å². The van der Waals surface area contributed by atoms with Crippen LogP contribution in [0.25, 0.3) is 0 Å². The Morgan fingerprint density at radius 1 is 1.20 bits per heavy atom. The number of fused-ring (bicyclic) bond motifs is 1. The molecule has 1 aliphatic carbocycles. The number of carbonyl (C=O) groups excluding carboxylic acids is 1. The Bertz CT molecular complexity index is 722. The molecule has 0 radical (unpaired) electrons. The van der Waals surface area contributed by atoms with Crippen LogP contribution in [0.3, 0.4) is 0 Å². The van der Waals surface area contributed by atoms with Crippen LogP contribution in [0.4, 0.5) is 0 Å². The predicted octanol–water partition coefficient (Wildman–Crippen LogP) is 2.86. The molecular weight excluding hydrogens is 316 g/mol. The SMILES string of the molecule is O=C(NCC1CCCCC1)c1nnn2c1CO[C@@H](c1ccccc1)C2. The van der Waals surface area contributed by atoms with Crippen molar-refractivity contribution in [3.05, 3.63) is 47.3 Å². The van der Waals surface area contributed by atoms with E-state index in [4.69, 9.17) is 4.74 Å². The fourth-order valence-corrected chi connectivity index (χ4v) is 3.77. The van der Waals surface area contributed by atoms with Gasteiger partial charge in [-0.05, 0) is 24.3 Å². The lowest BCUT2D eigenvalue weighted by Gasteiger charge is -2.24. The number of rotatable bonds is 4. The van der Waals surface area contributed by atoms with E-state index >= 15 is 0 Å². The minimum Gasteiger partial charge on any atom is -0.365 e. The summed E-state index contributed by atoms with van der Waals surface area (Å²) in [6.45, 7) is 1.68. The van der Waals surface area contributed by atoms with Crippen LogP contribution in [0.1, 0.15) is 60.0 Å². The topological polar surface area (TPSA) is 69.0 Å². The van der Waals surface area contributed by atoms with Crippen LogP contribution in [0.5, 0.6) is 0 Å². The van der Waals surface area contributed by atoms with Crippen LogP contribution in [0.2, 0.25) is 0 Å². The standard InChI is InChI=1S/C19H24N4O2/c24-19(20-11-14-7-3-1-4-8-14)18-16-13-25-17(12-23(16)22-21-18)15-9-5-2-6-10-15/h2,5-6,9-10,14,17H,1,3-4,7-8,11-13H2,(H,20,24)/t17-/m1/s1. The largest absolute Gasteiger partial charge is 0.365 e. The van der Waals surface area contributed by atoms with E-state index in [1.54, 1.807) is 4.68 Å². The lowest BCUT2D eigenvalue weighted by atomic mass is 9.89. The van der Waals surface area contributed by atoms with E-state index in [9.17, 15) is 4.79 Å². The third-order valence-corrected chi connectivity index (χ3v) is 5.26. The molecule has 1 aromatic heterocycles. The van der Waals surface area contributed by atoms with Gasteiger partial charge in [0.15, 0.2) is 5.69 Å². The molecule has 2 heterocycles. The molecule has 0 spiro atoms. The minimum atomic E-state index is -0.131. The molecule has 25 heavy (non-hydrogen) atoms. The van der Waals surface area contributed by atoms with Gasteiger partial charge in [-0.15, -0.1) is 5.10 Å². The van der Waals surface area contributed by atoms with Crippen LogP contribution in [0, 0.1) is 5.92 Å². The molecule has 6 nitrogen and oxygen atoms in total. The van der Waals surface area contributed by atoms with Crippen molar-refractivity contribution in [1.82, 2.24) is 20.3 Å². The molecule has 1 fully saturated rings. The highest BCUT2D eigenvalue weighted by Gasteiger charge is 2.27. The van der Waals surface area contributed by atoms with Crippen molar-refractivity contribution in [2.75, 3.05) is 6.54 Å². The van der Waals surface area contributed by atoms with Gasteiger partial charge in [-0.1, -0.05) is 54.8 Å². The second-order valence-corrected chi connectivity index (χ2v) is 6.99. The van der Waals surface area contributed by atoms with Gasteiger partial charge < -0.3 is 10.1 Å².